The Hall–Kier alpha value is -0.650. The third-order valence-corrected chi connectivity index (χ3v) is 3.22. The first-order chi connectivity index (χ1) is 9.02. The van der Waals surface area contributed by atoms with Gasteiger partial charge in [-0.1, -0.05) is 23.7 Å². The van der Waals surface area contributed by atoms with Crippen LogP contribution in [-0.4, -0.2) is 50.0 Å². The van der Waals surface area contributed by atoms with Crippen molar-refractivity contribution in [2.75, 3.05) is 33.9 Å². The average molecular weight is 287 g/mol. The third kappa shape index (κ3) is 6.36. The molecule has 1 aromatic rings. The molecule has 108 valence electrons. The average Bonchev–Trinajstić information content (AvgIpc) is 2.36. The highest BCUT2D eigenvalue weighted by molar-refractivity contribution is 6.30. The van der Waals surface area contributed by atoms with Gasteiger partial charge < -0.3 is 20.5 Å². The zero-order valence-corrected chi connectivity index (χ0v) is 12.3. The van der Waals surface area contributed by atoms with Crippen molar-refractivity contribution in [1.82, 2.24) is 4.90 Å². The van der Waals surface area contributed by atoms with Crippen LogP contribution in [-0.2, 0) is 4.74 Å². The van der Waals surface area contributed by atoms with Gasteiger partial charge in [0, 0.05) is 24.7 Å². The van der Waals surface area contributed by atoms with Crippen LogP contribution in [0.15, 0.2) is 24.3 Å². The summed E-state index contributed by atoms with van der Waals surface area (Å²) in [5.74, 6) is 0. The first-order valence-electron chi connectivity index (χ1n) is 6.39. The molecule has 0 radical (unpaired) electrons. The molecule has 0 aliphatic heterocycles. The molecule has 2 atom stereocenters. The Morgan fingerprint density at radius 1 is 1.47 bits per heavy atom. The molecule has 0 saturated carbocycles. The van der Waals surface area contributed by atoms with Gasteiger partial charge in [-0.2, -0.15) is 0 Å². The van der Waals surface area contributed by atoms with Crippen LogP contribution in [0.5, 0.6) is 0 Å². The lowest BCUT2D eigenvalue weighted by Crippen LogP contribution is -2.33. The Kier molecular flexibility index (Phi) is 7.34. The smallest absolute Gasteiger partial charge is 0.0899 e. The van der Waals surface area contributed by atoms with Crippen LogP contribution < -0.4 is 5.73 Å². The minimum Gasteiger partial charge on any atom is -0.389 e. The largest absolute Gasteiger partial charge is 0.389 e. The number of aliphatic hydroxyl groups is 1. The van der Waals surface area contributed by atoms with E-state index < -0.39 is 6.10 Å². The quantitative estimate of drug-likeness (QED) is 0.763. The Balaban J connectivity index is 2.35. The Morgan fingerprint density at radius 3 is 2.84 bits per heavy atom. The summed E-state index contributed by atoms with van der Waals surface area (Å²) in [6.45, 7) is 1.75. The zero-order chi connectivity index (χ0) is 14.3. The summed E-state index contributed by atoms with van der Waals surface area (Å²) in [5.41, 5.74) is 7.17. The predicted molar refractivity (Wildman–Crippen MR) is 78.4 cm³/mol. The maximum atomic E-state index is 9.62. The van der Waals surface area contributed by atoms with E-state index >= 15 is 0 Å². The number of ether oxygens (including phenoxy) is 1. The molecule has 0 aromatic heterocycles. The summed E-state index contributed by atoms with van der Waals surface area (Å²) in [4.78, 5) is 2.05. The minimum absolute atomic E-state index is 0.0410. The van der Waals surface area contributed by atoms with Crippen molar-refractivity contribution in [2.45, 2.75) is 18.6 Å². The third-order valence-electron chi connectivity index (χ3n) is 2.98. The summed E-state index contributed by atoms with van der Waals surface area (Å²) < 4.78 is 4.90. The second-order valence-electron chi connectivity index (χ2n) is 4.82. The number of hydrogen-bond acceptors (Lipinski definition) is 4. The molecule has 0 amide bonds. The van der Waals surface area contributed by atoms with Crippen LogP contribution in [0.3, 0.4) is 0 Å². The Labute approximate surface area is 120 Å². The van der Waals surface area contributed by atoms with E-state index in [9.17, 15) is 5.11 Å². The highest BCUT2D eigenvalue weighted by Crippen LogP contribution is 2.18. The number of rotatable bonds is 8. The van der Waals surface area contributed by atoms with Gasteiger partial charge in [0.05, 0.1) is 12.7 Å². The molecule has 0 aliphatic carbocycles. The van der Waals surface area contributed by atoms with Gasteiger partial charge >= 0.3 is 0 Å². The van der Waals surface area contributed by atoms with Crippen molar-refractivity contribution in [3.8, 4) is 0 Å². The summed E-state index contributed by atoms with van der Waals surface area (Å²) in [6, 6.07) is 7.58. The van der Waals surface area contributed by atoms with Crippen molar-refractivity contribution < 1.29 is 9.84 Å². The molecule has 4 nitrogen and oxygen atoms in total. The lowest BCUT2D eigenvalue weighted by atomic mass is 10.0. The number of nitrogens with zero attached hydrogens (tertiary/aromatic N) is 1. The van der Waals surface area contributed by atoms with Gasteiger partial charge in [-0.05, 0) is 37.7 Å². The molecule has 0 heterocycles. The van der Waals surface area contributed by atoms with E-state index in [-0.39, 0.29) is 6.04 Å². The van der Waals surface area contributed by atoms with E-state index in [1.54, 1.807) is 7.11 Å². The topological polar surface area (TPSA) is 58.7 Å². The van der Waals surface area contributed by atoms with E-state index in [1.165, 1.54) is 0 Å². The molecular weight excluding hydrogens is 264 g/mol. The fourth-order valence-electron chi connectivity index (χ4n) is 1.96. The van der Waals surface area contributed by atoms with Crippen molar-refractivity contribution in [3.63, 3.8) is 0 Å². The number of halogens is 1. The van der Waals surface area contributed by atoms with Crippen LogP contribution in [0, 0.1) is 0 Å². The monoisotopic (exact) mass is 286 g/mol. The number of methoxy groups -OCH3 is 1. The number of nitrogens with two attached hydrogens (primary N) is 1. The summed E-state index contributed by atoms with van der Waals surface area (Å²) in [6.07, 6.45) is 0.355. The second kappa shape index (κ2) is 8.51. The van der Waals surface area contributed by atoms with E-state index in [0.717, 1.165) is 18.5 Å². The standard InChI is InChI=1S/C14H23ClN2O2/c1-17(9-13(18)10-19-2)7-6-14(16)11-4-3-5-12(15)8-11/h3-5,8,13-14,18H,6-7,9-10,16H2,1-2H3. The maximum absolute atomic E-state index is 9.62. The molecule has 0 fully saturated rings. The van der Waals surface area contributed by atoms with Crippen molar-refractivity contribution in [1.29, 1.82) is 0 Å². The molecule has 0 bridgehead atoms. The van der Waals surface area contributed by atoms with Gasteiger partial charge in [0.15, 0.2) is 0 Å². The second-order valence-corrected chi connectivity index (χ2v) is 5.26. The lowest BCUT2D eigenvalue weighted by molar-refractivity contribution is 0.0428. The van der Waals surface area contributed by atoms with Crippen molar-refractivity contribution in [3.05, 3.63) is 34.9 Å². The molecule has 0 spiro atoms. The Bertz CT molecular complexity index is 376. The molecular formula is C14H23ClN2O2. The first kappa shape index (κ1) is 16.4. The normalized spacial score (nSPS) is 14.6. The molecule has 2 unspecified atom stereocenters. The fraction of sp³-hybridized carbons (Fsp3) is 0.571. The highest BCUT2D eigenvalue weighted by Gasteiger charge is 2.11. The van der Waals surface area contributed by atoms with Gasteiger partial charge in [-0.3, -0.25) is 0 Å². The molecule has 0 aliphatic rings. The van der Waals surface area contributed by atoms with E-state index in [1.807, 2.05) is 36.2 Å². The minimum atomic E-state index is -0.461. The maximum Gasteiger partial charge on any atom is 0.0899 e. The van der Waals surface area contributed by atoms with Gasteiger partial charge in [0.2, 0.25) is 0 Å². The number of aliphatic hydroxyl groups excluding tert-OH is 1. The van der Waals surface area contributed by atoms with E-state index in [0.29, 0.717) is 18.2 Å². The van der Waals surface area contributed by atoms with Gasteiger partial charge in [-0.15, -0.1) is 0 Å². The lowest BCUT2D eigenvalue weighted by Gasteiger charge is -2.22. The van der Waals surface area contributed by atoms with Gasteiger partial charge in [0.1, 0.15) is 0 Å². The fourth-order valence-corrected chi connectivity index (χ4v) is 2.16. The van der Waals surface area contributed by atoms with Gasteiger partial charge in [0.25, 0.3) is 0 Å². The van der Waals surface area contributed by atoms with Crippen LogP contribution in [0.1, 0.15) is 18.0 Å². The molecule has 1 aromatic carbocycles. The number of hydrogen-bond donors (Lipinski definition) is 2. The molecule has 0 saturated heterocycles. The Morgan fingerprint density at radius 2 is 2.21 bits per heavy atom. The van der Waals surface area contributed by atoms with E-state index in [4.69, 9.17) is 22.1 Å². The highest BCUT2D eigenvalue weighted by atomic mass is 35.5. The summed E-state index contributed by atoms with van der Waals surface area (Å²) in [7, 11) is 3.54. The molecule has 1 rings (SSSR count). The molecule has 3 N–H and O–H groups in total. The number of likely N-dealkylation sites (N-methyl/N-ethyl adjacent to an activating group) is 1. The molecule has 5 heteroatoms. The first-order valence-corrected chi connectivity index (χ1v) is 6.77. The van der Waals surface area contributed by atoms with Crippen LogP contribution >= 0.6 is 11.6 Å². The predicted octanol–water partition coefficient (Wildman–Crippen LogP) is 1.67. The van der Waals surface area contributed by atoms with Crippen molar-refractivity contribution in [2.24, 2.45) is 5.73 Å². The molecule has 19 heavy (non-hydrogen) atoms. The SMILES string of the molecule is COCC(O)CN(C)CCC(N)c1cccc(Cl)c1. The van der Waals surface area contributed by atoms with Crippen LogP contribution in [0.2, 0.25) is 5.02 Å². The zero-order valence-electron chi connectivity index (χ0n) is 11.6. The summed E-state index contributed by atoms with van der Waals surface area (Å²) in [5, 5.41) is 10.3. The van der Waals surface area contributed by atoms with E-state index in [2.05, 4.69) is 0 Å². The van der Waals surface area contributed by atoms with Crippen molar-refractivity contribution >= 4 is 11.6 Å². The van der Waals surface area contributed by atoms with Crippen LogP contribution in [0.25, 0.3) is 0 Å². The van der Waals surface area contributed by atoms with Crippen LogP contribution in [0.4, 0.5) is 0 Å². The van der Waals surface area contributed by atoms with Gasteiger partial charge in [-0.25, -0.2) is 0 Å². The number of benzene rings is 1. The summed E-state index contributed by atoms with van der Waals surface area (Å²) >= 11 is 5.94.